The molecule has 6 heteroatoms. The lowest BCUT2D eigenvalue weighted by Gasteiger charge is -2.19. The number of nitrogens with one attached hydrogen (secondary N) is 1. The third-order valence-electron chi connectivity index (χ3n) is 3.14. The second-order valence-corrected chi connectivity index (χ2v) is 4.94. The van der Waals surface area contributed by atoms with Gasteiger partial charge in [0.05, 0.1) is 28.8 Å². The summed E-state index contributed by atoms with van der Waals surface area (Å²) in [7, 11) is 1.62. The highest BCUT2D eigenvalue weighted by molar-refractivity contribution is 6.33. The molecule has 1 unspecified atom stereocenters. The maximum absolute atomic E-state index is 10.7. The summed E-state index contributed by atoms with van der Waals surface area (Å²) in [5.41, 5.74) is 1.59. The smallest absolute Gasteiger partial charge is 0.271 e. The van der Waals surface area contributed by atoms with Gasteiger partial charge in [-0.3, -0.25) is 10.1 Å². The molecule has 0 amide bonds. The van der Waals surface area contributed by atoms with Gasteiger partial charge >= 0.3 is 0 Å². The second-order valence-electron chi connectivity index (χ2n) is 4.53. The maximum atomic E-state index is 10.7. The lowest BCUT2D eigenvalue weighted by molar-refractivity contribution is -0.384. The Balaban J connectivity index is 2.23. The van der Waals surface area contributed by atoms with Crippen LogP contribution in [0.25, 0.3) is 0 Å². The van der Waals surface area contributed by atoms with Gasteiger partial charge in [0, 0.05) is 17.7 Å². The van der Waals surface area contributed by atoms with Gasteiger partial charge in [-0.1, -0.05) is 29.8 Å². The molecule has 21 heavy (non-hydrogen) atoms. The van der Waals surface area contributed by atoms with E-state index in [1.807, 2.05) is 31.2 Å². The summed E-state index contributed by atoms with van der Waals surface area (Å²) in [5.74, 6) is 0.774. The quantitative estimate of drug-likeness (QED) is 0.655. The largest absolute Gasteiger partial charge is 0.496 e. The highest BCUT2D eigenvalue weighted by atomic mass is 35.5. The van der Waals surface area contributed by atoms with Crippen LogP contribution in [0.2, 0.25) is 5.02 Å². The number of anilines is 1. The Bertz CT molecular complexity index is 661. The van der Waals surface area contributed by atoms with E-state index >= 15 is 0 Å². The van der Waals surface area contributed by atoms with Crippen molar-refractivity contribution in [2.75, 3.05) is 12.4 Å². The van der Waals surface area contributed by atoms with Crippen LogP contribution in [0, 0.1) is 10.1 Å². The zero-order chi connectivity index (χ0) is 15.4. The minimum Gasteiger partial charge on any atom is -0.496 e. The molecule has 1 atom stereocenters. The first-order valence-corrected chi connectivity index (χ1v) is 6.74. The number of halogens is 1. The summed E-state index contributed by atoms with van der Waals surface area (Å²) < 4.78 is 5.32. The molecule has 0 saturated heterocycles. The van der Waals surface area contributed by atoms with Crippen LogP contribution in [-0.2, 0) is 0 Å². The molecule has 0 spiro atoms. The van der Waals surface area contributed by atoms with Gasteiger partial charge < -0.3 is 10.1 Å². The number of hydrogen-bond acceptors (Lipinski definition) is 4. The lowest BCUT2D eigenvalue weighted by atomic mass is 10.1. The van der Waals surface area contributed by atoms with Crippen molar-refractivity contribution in [3.05, 3.63) is 63.2 Å². The topological polar surface area (TPSA) is 64.4 Å². The van der Waals surface area contributed by atoms with E-state index in [0.717, 1.165) is 11.3 Å². The highest BCUT2D eigenvalue weighted by Crippen LogP contribution is 2.32. The Hall–Kier alpha value is -2.27. The van der Waals surface area contributed by atoms with Gasteiger partial charge in [-0.15, -0.1) is 0 Å². The number of nitro benzene ring substituents is 1. The first-order valence-electron chi connectivity index (χ1n) is 6.36. The molecule has 2 rings (SSSR count). The summed E-state index contributed by atoms with van der Waals surface area (Å²) in [4.78, 5) is 10.2. The van der Waals surface area contributed by atoms with Crippen LogP contribution in [0.3, 0.4) is 0 Å². The number of rotatable bonds is 5. The third-order valence-corrected chi connectivity index (χ3v) is 3.45. The molecule has 110 valence electrons. The Morgan fingerprint density at radius 3 is 2.62 bits per heavy atom. The number of methoxy groups -OCH3 is 1. The molecule has 0 bridgehead atoms. The zero-order valence-electron chi connectivity index (χ0n) is 11.7. The van der Waals surface area contributed by atoms with E-state index in [1.165, 1.54) is 12.1 Å². The Kier molecular flexibility index (Phi) is 4.65. The fourth-order valence-electron chi connectivity index (χ4n) is 2.07. The average molecular weight is 307 g/mol. The van der Waals surface area contributed by atoms with Crippen LogP contribution in [0.1, 0.15) is 18.5 Å². The molecule has 0 aliphatic rings. The zero-order valence-corrected chi connectivity index (χ0v) is 12.4. The van der Waals surface area contributed by atoms with Crippen LogP contribution in [0.5, 0.6) is 5.75 Å². The Morgan fingerprint density at radius 1 is 1.29 bits per heavy atom. The highest BCUT2D eigenvalue weighted by Gasteiger charge is 2.14. The van der Waals surface area contributed by atoms with Crippen LogP contribution in [-0.4, -0.2) is 12.0 Å². The standard InChI is InChI=1S/C15H15ClN2O3/c1-10(12-5-3-4-6-15(12)21-2)17-14-8-7-11(18(19)20)9-13(14)16/h3-10,17H,1-2H3. The van der Waals surface area contributed by atoms with Gasteiger partial charge in [-0.05, 0) is 19.1 Å². The van der Waals surface area contributed by atoms with E-state index in [0.29, 0.717) is 10.7 Å². The number of nitro groups is 1. The molecule has 0 fully saturated rings. The predicted octanol–water partition coefficient (Wildman–Crippen LogP) is 4.43. The van der Waals surface area contributed by atoms with Gasteiger partial charge in [0.1, 0.15) is 5.75 Å². The van der Waals surface area contributed by atoms with Gasteiger partial charge in [0.2, 0.25) is 0 Å². The van der Waals surface area contributed by atoms with Crippen molar-refractivity contribution in [2.45, 2.75) is 13.0 Å². The number of para-hydroxylation sites is 1. The Morgan fingerprint density at radius 2 is 2.00 bits per heavy atom. The molecule has 2 aromatic rings. The summed E-state index contributed by atoms with van der Waals surface area (Å²) >= 11 is 6.08. The Labute approximate surface area is 127 Å². The molecule has 0 heterocycles. The number of non-ortho nitro benzene ring substituents is 1. The van der Waals surface area contributed by atoms with Crippen LogP contribution >= 0.6 is 11.6 Å². The number of hydrogen-bond donors (Lipinski definition) is 1. The van der Waals surface area contributed by atoms with Crippen LogP contribution < -0.4 is 10.1 Å². The number of nitrogens with zero attached hydrogens (tertiary/aromatic N) is 1. The minimum atomic E-state index is -0.473. The molecule has 0 radical (unpaired) electrons. The van der Waals surface area contributed by atoms with Gasteiger partial charge in [-0.2, -0.15) is 0 Å². The van der Waals surface area contributed by atoms with Crippen LogP contribution in [0.15, 0.2) is 42.5 Å². The van der Waals surface area contributed by atoms with Gasteiger partial charge in [-0.25, -0.2) is 0 Å². The maximum Gasteiger partial charge on any atom is 0.271 e. The first-order chi connectivity index (χ1) is 10.0. The molecular weight excluding hydrogens is 292 g/mol. The summed E-state index contributed by atoms with van der Waals surface area (Å²) in [5, 5.41) is 14.2. The molecule has 2 aromatic carbocycles. The van der Waals surface area contributed by atoms with Crippen molar-refractivity contribution in [3.8, 4) is 5.75 Å². The second kappa shape index (κ2) is 6.45. The lowest BCUT2D eigenvalue weighted by Crippen LogP contribution is -2.08. The van der Waals surface area contributed by atoms with E-state index in [1.54, 1.807) is 13.2 Å². The van der Waals surface area contributed by atoms with Crippen molar-refractivity contribution < 1.29 is 9.66 Å². The third kappa shape index (κ3) is 3.44. The van der Waals surface area contributed by atoms with E-state index in [4.69, 9.17) is 16.3 Å². The van der Waals surface area contributed by atoms with E-state index in [-0.39, 0.29) is 11.7 Å². The van der Waals surface area contributed by atoms with Crippen LogP contribution in [0.4, 0.5) is 11.4 Å². The van der Waals surface area contributed by atoms with Crippen molar-refractivity contribution in [2.24, 2.45) is 0 Å². The van der Waals surface area contributed by atoms with Crippen molar-refractivity contribution in [1.82, 2.24) is 0 Å². The molecule has 1 N–H and O–H groups in total. The average Bonchev–Trinajstić information content (AvgIpc) is 2.48. The predicted molar refractivity (Wildman–Crippen MR) is 83.1 cm³/mol. The molecule has 0 saturated carbocycles. The van der Waals surface area contributed by atoms with Crippen molar-refractivity contribution in [3.63, 3.8) is 0 Å². The molecular formula is C15H15ClN2O3. The molecule has 0 aromatic heterocycles. The number of benzene rings is 2. The van der Waals surface area contributed by atoms with Crippen molar-refractivity contribution in [1.29, 1.82) is 0 Å². The summed E-state index contributed by atoms with van der Waals surface area (Å²) in [6, 6.07) is 12.0. The van der Waals surface area contributed by atoms with Gasteiger partial charge in [0.15, 0.2) is 0 Å². The number of ether oxygens (including phenoxy) is 1. The SMILES string of the molecule is COc1ccccc1C(C)Nc1ccc([N+](=O)[O-])cc1Cl. The van der Waals surface area contributed by atoms with Gasteiger partial charge in [0.25, 0.3) is 5.69 Å². The fourth-order valence-corrected chi connectivity index (χ4v) is 2.30. The van der Waals surface area contributed by atoms with Crippen molar-refractivity contribution >= 4 is 23.0 Å². The van der Waals surface area contributed by atoms with E-state index in [2.05, 4.69) is 5.32 Å². The normalized spacial score (nSPS) is 11.8. The monoisotopic (exact) mass is 306 g/mol. The summed E-state index contributed by atoms with van der Waals surface area (Å²) in [6.45, 7) is 1.97. The minimum absolute atomic E-state index is 0.0319. The molecule has 0 aliphatic carbocycles. The first kappa shape index (κ1) is 15.1. The van der Waals surface area contributed by atoms with E-state index < -0.39 is 4.92 Å². The fraction of sp³-hybridized carbons (Fsp3) is 0.200. The summed E-state index contributed by atoms with van der Waals surface area (Å²) in [6.07, 6.45) is 0. The molecule has 5 nitrogen and oxygen atoms in total. The molecule has 0 aliphatic heterocycles. The van der Waals surface area contributed by atoms with E-state index in [9.17, 15) is 10.1 Å².